The third-order valence-corrected chi connectivity index (χ3v) is 4.08. The van der Waals surface area contributed by atoms with Crippen molar-refractivity contribution in [3.05, 3.63) is 42.2 Å². The van der Waals surface area contributed by atoms with Crippen LogP contribution >= 0.6 is 0 Å². The summed E-state index contributed by atoms with van der Waals surface area (Å²) in [6.07, 6.45) is 8.77. The third kappa shape index (κ3) is 4.56. The Kier molecular flexibility index (Phi) is 5.42. The molecule has 1 aliphatic rings. The van der Waals surface area contributed by atoms with E-state index in [0.29, 0.717) is 0 Å². The van der Waals surface area contributed by atoms with E-state index in [-0.39, 0.29) is 0 Å². The first kappa shape index (κ1) is 15.0. The lowest BCUT2D eigenvalue weighted by molar-refractivity contribution is 0.205. The van der Waals surface area contributed by atoms with Gasteiger partial charge in [0.2, 0.25) is 0 Å². The quantitative estimate of drug-likeness (QED) is 0.737. The Balaban J connectivity index is 1.37. The first-order valence-electron chi connectivity index (χ1n) is 8.18. The summed E-state index contributed by atoms with van der Waals surface area (Å²) in [5, 5.41) is 7.78. The zero-order valence-electron chi connectivity index (χ0n) is 13.0. The fourth-order valence-corrected chi connectivity index (χ4v) is 2.86. The molecule has 1 saturated heterocycles. The van der Waals surface area contributed by atoms with E-state index in [4.69, 9.17) is 4.74 Å². The van der Waals surface area contributed by atoms with Gasteiger partial charge in [0.05, 0.1) is 19.3 Å². The zero-order chi connectivity index (χ0) is 15.0. The number of piperidine rings is 1. The Morgan fingerprint density at radius 1 is 1.05 bits per heavy atom. The summed E-state index contributed by atoms with van der Waals surface area (Å²) in [7, 11) is 0. The maximum absolute atomic E-state index is 5.83. The predicted octanol–water partition coefficient (Wildman–Crippen LogP) is 2.58. The van der Waals surface area contributed by atoms with Crippen molar-refractivity contribution >= 4 is 0 Å². The normalized spacial score (nSPS) is 15.8. The van der Waals surface area contributed by atoms with Gasteiger partial charge in [0.25, 0.3) is 0 Å². The highest BCUT2D eigenvalue weighted by Gasteiger charge is 2.09. The van der Waals surface area contributed by atoms with E-state index >= 15 is 0 Å². The van der Waals surface area contributed by atoms with Gasteiger partial charge in [0.15, 0.2) is 0 Å². The molecule has 0 unspecified atom stereocenters. The van der Waals surface area contributed by atoms with Crippen LogP contribution in [0.2, 0.25) is 0 Å². The van der Waals surface area contributed by atoms with E-state index in [1.54, 1.807) is 6.20 Å². The highest BCUT2D eigenvalue weighted by molar-refractivity contribution is 5.27. The van der Waals surface area contributed by atoms with E-state index in [1.165, 1.54) is 37.9 Å². The number of aromatic nitrogens is 3. The Morgan fingerprint density at radius 2 is 1.86 bits per heavy atom. The Bertz CT molecular complexity index is 532. The molecule has 22 heavy (non-hydrogen) atoms. The molecular weight excluding hydrogens is 276 g/mol. The highest BCUT2D eigenvalue weighted by Crippen LogP contribution is 2.14. The van der Waals surface area contributed by atoms with Gasteiger partial charge < -0.3 is 9.64 Å². The van der Waals surface area contributed by atoms with Gasteiger partial charge in [-0.2, -0.15) is 0 Å². The van der Waals surface area contributed by atoms with Crippen LogP contribution in [0.25, 0.3) is 0 Å². The molecule has 2 aromatic rings. The van der Waals surface area contributed by atoms with Crippen LogP contribution in [-0.2, 0) is 6.54 Å². The molecular formula is C17H24N4O. The van der Waals surface area contributed by atoms with Crippen LogP contribution in [0.3, 0.4) is 0 Å². The molecule has 0 radical (unpaired) electrons. The number of ether oxygens (including phenoxy) is 1. The minimum absolute atomic E-state index is 0.745. The smallest absolute Gasteiger partial charge is 0.119 e. The van der Waals surface area contributed by atoms with Crippen LogP contribution < -0.4 is 4.74 Å². The molecule has 1 aromatic heterocycles. The lowest BCUT2D eigenvalue weighted by Crippen LogP contribution is -2.31. The molecule has 0 bridgehead atoms. The van der Waals surface area contributed by atoms with Crippen molar-refractivity contribution < 1.29 is 4.74 Å². The first-order chi connectivity index (χ1) is 10.9. The first-order valence-corrected chi connectivity index (χ1v) is 8.18. The van der Waals surface area contributed by atoms with Crippen LogP contribution in [0, 0.1) is 0 Å². The third-order valence-electron chi connectivity index (χ3n) is 4.08. The van der Waals surface area contributed by atoms with Crippen molar-refractivity contribution in [2.75, 3.05) is 26.2 Å². The molecule has 0 N–H and O–H groups in total. The topological polar surface area (TPSA) is 43.2 Å². The molecule has 2 heterocycles. The predicted molar refractivity (Wildman–Crippen MR) is 86.0 cm³/mol. The van der Waals surface area contributed by atoms with Crippen molar-refractivity contribution in [3.8, 4) is 5.75 Å². The lowest BCUT2D eigenvalue weighted by atomic mass is 10.1. The number of hydrogen-bond donors (Lipinski definition) is 0. The van der Waals surface area contributed by atoms with Crippen molar-refractivity contribution in [1.82, 2.24) is 19.9 Å². The van der Waals surface area contributed by atoms with Crippen LogP contribution in [0.5, 0.6) is 5.75 Å². The summed E-state index contributed by atoms with van der Waals surface area (Å²) in [6.45, 7) is 5.21. The van der Waals surface area contributed by atoms with Crippen LogP contribution in [0.1, 0.15) is 31.2 Å². The van der Waals surface area contributed by atoms with E-state index in [2.05, 4.69) is 27.3 Å². The lowest BCUT2D eigenvalue weighted by Gasteiger charge is -2.26. The van der Waals surface area contributed by atoms with E-state index in [0.717, 1.165) is 31.9 Å². The molecule has 3 rings (SSSR count). The number of rotatable bonds is 7. The second kappa shape index (κ2) is 7.94. The van der Waals surface area contributed by atoms with E-state index in [1.807, 2.05) is 23.0 Å². The van der Waals surface area contributed by atoms with E-state index < -0.39 is 0 Å². The Labute approximate surface area is 131 Å². The molecule has 118 valence electrons. The van der Waals surface area contributed by atoms with Gasteiger partial charge in [0, 0.05) is 12.7 Å². The largest absolute Gasteiger partial charge is 0.494 e. The van der Waals surface area contributed by atoms with Crippen LogP contribution in [0.15, 0.2) is 36.7 Å². The van der Waals surface area contributed by atoms with Crippen molar-refractivity contribution in [2.45, 2.75) is 32.2 Å². The van der Waals surface area contributed by atoms with Gasteiger partial charge in [-0.25, -0.2) is 4.68 Å². The maximum atomic E-state index is 5.83. The van der Waals surface area contributed by atoms with Crippen molar-refractivity contribution in [3.63, 3.8) is 0 Å². The zero-order valence-corrected chi connectivity index (χ0v) is 13.0. The summed E-state index contributed by atoms with van der Waals surface area (Å²) in [5.74, 6) is 0.945. The Morgan fingerprint density at radius 3 is 2.59 bits per heavy atom. The number of nitrogens with zero attached hydrogens (tertiary/aromatic N) is 4. The van der Waals surface area contributed by atoms with E-state index in [9.17, 15) is 0 Å². The maximum Gasteiger partial charge on any atom is 0.119 e. The SMILES string of the molecule is c1cn(Cc2ccc(OCCCN3CCCCC3)cc2)nn1. The second-order valence-corrected chi connectivity index (χ2v) is 5.85. The molecule has 1 aliphatic heterocycles. The monoisotopic (exact) mass is 300 g/mol. The highest BCUT2D eigenvalue weighted by atomic mass is 16.5. The summed E-state index contributed by atoms with van der Waals surface area (Å²) < 4.78 is 7.64. The fraction of sp³-hybridized carbons (Fsp3) is 0.529. The van der Waals surface area contributed by atoms with Crippen molar-refractivity contribution in [2.24, 2.45) is 0 Å². The molecule has 0 saturated carbocycles. The molecule has 5 heteroatoms. The fourth-order valence-electron chi connectivity index (χ4n) is 2.86. The average molecular weight is 300 g/mol. The Hall–Kier alpha value is -1.88. The average Bonchev–Trinajstić information content (AvgIpc) is 3.07. The number of hydrogen-bond acceptors (Lipinski definition) is 4. The molecule has 1 fully saturated rings. The molecule has 5 nitrogen and oxygen atoms in total. The van der Waals surface area contributed by atoms with Crippen LogP contribution in [0.4, 0.5) is 0 Å². The molecule has 0 aliphatic carbocycles. The van der Waals surface area contributed by atoms with Gasteiger partial charge in [-0.1, -0.05) is 23.8 Å². The van der Waals surface area contributed by atoms with Crippen molar-refractivity contribution in [1.29, 1.82) is 0 Å². The van der Waals surface area contributed by atoms with Gasteiger partial charge in [-0.15, -0.1) is 5.10 Å². The summed E-state index contributed by atoms with van der Waals surface area (Å²) >= 11 is 0. The molecule has 0 atom stereocenters. The van der Waals surface area contributed by atoms with Gasteiger partial charge in [-0.3, -0.25) is 0 Å². The van der Waals surface area contributed by atoms with Crippen LogP contribution in [-0.4, -0.2) is 46.1 Å². The number of benzene rings is 1. The molecule has 0 amide bonds. The van der Waals surface area contributed by atoms with Gasteiger partial charge >= 0.3 is 0 Å². The molecule has 1 aromatic carbocycles. The second-order valence-electron chi connectivity index (χ2n) is 5.85. The minimum atomic E-state index is 0.745. The minimum Gasteiger partial charge on any atom is -0.494 e. The summed E-state index contributed by atoms with van der Waals surface area (Å²) in [4.78, 5) is 2.55. The van der Waals surface area contributed by atoms with Gasteiger partial charge in [0.1, 0.15) is 5.75 Å². The summed E-state index contributed by atoms with van der Waals surface area (Å²) in [6, 6.07) is 8.24. The summed E-state index contributed by atoms with van der Waals surface area (Å²) in [5.41, 5.74) is 1.20. The number of likely N-dealkylation sites (tertiary alicyclic amines) is 1. The molecule has 0 spiro atoms. The van der Waals surface area contributed by atoms with Gasteiger partial charge in [-0.05, 0) is 50.0 Å². The standard InChI is InChI=1S/C17H24N4O/c1-2-10-20(11-3-1)12-4-14-22-17-7-5-16(6-8-17)15-21-13-9-18-19-21/h5-9,13H,1-4,10-12,14-15H2.